The third-order valence-electron chi connectivity index (χ3n) is 4.68. The zero-order valence-electron chi connectivity index (χ0n) is 17.1. The number of nitrogens with one attached hydrogen (secondary N) is 2. The maximum atomic E-state index is 12.7. The molecule has 2 aromatic carbocycles. The van der Waals surface area contributed by atoms with Crippen molar-refractivity contribution in [1.82, 2.24) is 14.9 Å². The number of sulfonamides is 1. The normalized spacial score (nSPS) is 11.4. The van der Waals surface area contributed by atoms with Crippen molar-refractivity contribution in [2.45, 2.75) is 44.5 Å². The molecule has 3 rings (SSSR count). The minimum absolute atomic E-state index is 0.128. The maximum Gasteiger partial charge on any atom is 0.270 e. The van der Waals surface area contributed by atoms with Gasteiger partial charge in [-0.15, -0.1) is 10.2 Å². The number of hydrogen-bond acceptors (Lipinski definition) is 6. The standard InChI is InChI=1S/C21H24N4O3S2/c1-4-15-8-11-16(5-2)18(12-15)13-22-30(27,28)21-25-24-20(29-21)23-19(26)17-9-6-14(3)7-10-17/h6-12,22H,4-5,13H2,1-3H3,(H,23,24,26). The van der Waals surface area contributed by atoms with Gasteiger partial charge in [0.1, 0.15) is 0 Å². The van der Waals surface area contributed by atoms with Crippen LogP contribution in [0.15, 0.2) is 46.8 Å². The zero-order valence-corrected chi connectivity index (χ0v) is 18.7. The third kappa shape index (κ3) is 5.29. The molecule has 1 heterocycles. The van der Waals surface area contributed by atoms with E-state index in [2.05, 4.69) is 33.2 Å². The van der Waals surface area contributed by atoms with Gasteiger partial charge in [-0.3, -0.25) is 10.1 Å². The molecule has 0 fully saturated rings. The van der Waals surface area contributed by atoms with Crippen LogP contribution in [0.2, 0.25) is 0 Å². The predicted octanol–water partition coefficient (Wildman–Crippen LogP) is 3.70. The second kappa shape index (κ2) is 9.46. The predicted molar refractivity (Wildman–Crippen MR) is 118 cm³/mol. The second-order valence-corrected chi connectivity index (χ2v) is 9.75. The minimum atomic E-state index is -3.84. The Morgan fingerprint density at radius 3 is 2.40 bits per heavy atom. The highest BCUT2D eigenvalue weighted by atomic mass is 32.2. The number of anilines is 1. The summed E-state index contributed by atoms with van der Waals surface area (Å²) in [6.45, 7) is 6.19. The highest BCUT2D eigenvalue weighted by Crippen LogP contribution is 2.21. The number of carbonyl (C=O) groups is 1. The number of aromatic nitrogens is 2. The van der Waals surface area contributed by atoms with E-state index in [0.29, 0.717) is 5.56 Å². The van der Waals surface area contributed by atoms with Crippen molar-refractivity contribution < 1.29 is 13.2 Å². The van der Waals surface area contributed by atoms with Gasteiger partial charge in [0, 0.05) is 12.1 Å². The van der Waals surface area contributed by atoms with Gasteiger partial charge < -0.3 is 0 Å². The van der Waals surface area contributed by atoms with Crippen LogP contribution in [0.25, 0.3) is 0 Å². The van der Waals surface area contributed by atoms with Gasteiger partial charge in [-0.2, -0.15) is 0 Å². The largest absolute Gasteiger partial charge is 0.296 e. The van der Waals surface area contributed by atoms with Gasteiger partial charge in [0.15, 0.2) is 0 Å². The first-order chi connectivity index (χ1) is 14.3. The number of aryl methyl sites for hydroxylation is 3. The van der Waals surface area contributed by atoms with Gasteiger partial charge in [-0.1, -0.05) is 61.1 Å². The molecule has 158 valence electrons. The molecule has 0 saturated heterocycles. The Morgan fingerprint density at radius 2 is 1.73 bits per heavy atom. The minimum Gasteiger partial charge on any atom is -0.296 e. The van der Waals surface area contributed by atoms with E-state index in [1.165, 1.54) is 0 Å². The highest BCUT2D eigenvalue weighted by molar-refractivity contribution is 7.91. The Bertz CT molecular complexity index is 1140. The summed E-state index contributed by atoms with van der Waals surface area (Å²) in [7, 11) is -3.84. The molecule has 9 heteroatoms. The first kappa shape index (κ1) is 22.1. The maximum absolute atomic E-state index is 12.7. The number of carbonyl (C=O) groups excluding carboxylic acids is 1. The van der Waals surface area contributed by atoms with E-state index in [-0.39, 0.29) is 21.9 Å². The number of amides is 1. The summed E-state index contributed by atoms with van der Waals surface area (Å²) in [5, 5.41) is 10.3. The lowest BCUT2D eigenvalue weighted by Crippen LogP contribution is -2.23. The first-order valence-corrected chi connectivity index (χ1v) is 11.9. The molecule has 1 amide bonds. The first-order valence-electron chi connectivity index (χ1n) is 9.64. The Kier molecular flexibility index (Phi) is 6.96. The smallest absolute Gasteiger partial charge is 0.270 e. The summed E-state index contributed by atoms with van der Waals surface area (Å²) in [6.07, 6.45) is 1.69. The fourth-order valence-electron chi connectivity index (χ4n) is 2.89. The van der Waals surface area contributed by atoms with E-state index in [4.69, 9.17) is 0 Å². The number of rotatable bonds is 8. The summed E-state index contributed by atoms with van der Waals surface area (Å²) >= 11 is 0.814. The molecule has 30 heavy (non-hydrogen) atoms. The van der Waals surface area contributed by atoms with Crippen LogP contribution in [0.1, 0.15) is 46.5 Å². The highest BCUT2D eigenvalue weighted by Gasteiger charge is 2.21. The summed E-state index contributed by atoms with van der Waals surface area (Å²) in [6, 6.07) is 13.2. The van der Waals surface area contributed by atoms with Crippen molar-refractivity contribution in [1.29, 1.82) is 0 Å². The van der Waals surface area contributed by atoms with Crippen LogP contribution in [0, 0.1) is 6.92 Å². The lowest BCUT2D eigenvalue weighted by molar-refractivity contribution is 0.102. The Hall–Kier alpha value is -2.62. The third-order valence-corrected chi connectivity index (χ3v) is 7.29. The molecule has 2 N–H and O–H groups in total. The lowest BCUT2D eigenvalue weighted by Gasteiger charge is -2.10. The van der Waals surface area contributed by atoms with Gasteiger partial charge >= 0.3 is 0 Å². The molecular formula is C21H24N4O3S2. The summed E-state index contributed by atoms with van der Waals surface area (Å²) < 4.78 is 27.7. The fourth-order valence-corrected chi connectivity index (χ4v) is 4.83. The van der Waals surface area contributed by atoms with E-state index in [1.54, 1.807) is 12.1 Å². The molecule has 0 radical (unpaired) electrons. The molecule has 0 unspecified atom stereocenters. The van der Waals surface area contributed by atoms with Crippen LogP contribution >= 0.6 is 11.3 Å². The van der Waals surface area contributed by atoms with Crippen LogP contribution in [0.3, 0.4) is 0 Å². The van der Waals surface area contributed by atoms with Gasteiger partial charge in [-0.05, 0) is 48.6 Å². The van der Waals surface area contributed by atoms with Crippen molar-refractivity contribution in [2.75, 3.05) is 5.32 Å². The Balaban J connectivity index is 1.70. The molecule has 0 saturated carbocycles. The number of nitrogens with zero attached hydrogens (tertiary/aromatic N) is 2. The van der Waals surface area contributed by atoms with Crippen molar-refractivity contribution >= 4 is 32.4 Å². The van der Waals surface area contributed by atoms with Gasteiger partial charge in [-0.25, -0.2) is 13.1 Å². The monoisotopic (exact) mass is 444 g/mol. The van der Waals surface area contributed by atoms with Gasteiger partial charge in [0.05, 0.1) is 0 Å². The second-order valence-electron chi connectivity index (χ2n) is 6.83. The number of hydrogen-bond donors (Lipinski definition) is 2. The van der Waals surface area contributed by atoms with Crippen LogP contribution in [0.4, 0.5) is 5.13 Å². The van der Waals surface area contributed by atoms with Crippen LogP contribution in [-0.2, 0) is 29.4 Å². The molecule has 0 spiro atoms. The van der Waals surface area contributed by atoms with Crippen LogP contribution < -0.4 is 10.0 Å². The van der Waals surface area contributed by atoms with Crippen molar-refractivity contribution in [3.8, 4) is 0 Å². The SMILES string of the molecule is CCc1ccc(CC)c(CNS(=O)(=O)c2nnc(NC(=O)c3ccc(C)cc3)s2)c1. The quantitative estimate of drug-likeness (QED) is 0.516. The van der Waals surface area contributed by atoms with Gasteiger partial charge in [0.2, 0.25) is 9.47 Å². The summed E-state index contributed by atoms with van der Waals surface area (Å²) in [5.41, 5.74) is 4.69. The average molecular weight is 445 g/mol. The topological polar surface area (TPSA) is 101 Å². The van der Waals surface area contributed by atoms with E-state index in [1.807, 2.05) is 38.1 Å². The molecule has 3 aromatic rings. The molecule has 0 bridgehead atoms. The molecule has 0 aliphatic carbocycles. The molecule has 0 atom stereocenters. The van der Waals surface area contributed by atoms with Gasteiger partial charge in [0.25, 0.3) is 15.9 Å². The fraction of sp³-hybridized carbons (Fsp3) is 0.286. The molecule has 1 aromatic heterocycles. The Labute approximate surface area is 180 Å². The summed E-state index contributed by atoms with van der Waals surface area (Å²) in [4.78, 5) is 12.3. The average Bonchev–Trinajstić information content (AvgIpc) is 3.22. The Morgan fingerprint density at radius 1 is 1.00 bits per heavy atom. The molecular weight excluding hydrogens is 420 g/mol. The van der Waals surface area contributed by atoms with Crippen molar-refractivity contribution in [2.24, 2.45) is 0 Å². The van der Waals surface area contributed by atoms with Crippen LogP contribution in [-0.4, -0.2) is 24.5 Å². The van der Waals surface area contributed by atoms with E-state index in [0.717, 1.165) is 46.4 Å². The number of benzene rings is 2. The molecule has 0 aliphatic heterocycles. The molecule has 0 aliphatic rings. The summed E-state index contributed by atoms with van der Waals surface area (Å²) in [5.74, 6) is -0.368. The lowest BCUT2D eigenvalue weighted by atomic mass is 10.0. The zero-order chi connectivity index (χ0) is 21.7. The van der Waals surface area contributed by atoms with E-state index in [9.17, 15) is 13.2 Å². The van der Waals surface area contributed by atoms with Crippen molar-refractivity contribution in [3.63, 3.8) is 0 Å². The molecule has 7 nitrogen and oxygen atoms in total. The van der Waals surface area contributed by atoms with E-state index >= 15 is 0 Å². The van der Waals surface area contributed by atoms with Crippen molar-refractivity contribution in [3.05, 3.63) is 70.3 Å². The van der Waals surface area contributed by atoms with E-state index < -0.39 is 10.0 Å². The van der Waals surface area contributed by atoms with Crippen LogP contribution in [0.5, 0.6) is 0 Å².